The van der Waals surface area contributed by atoms with E-state index >= 15 is 0 Å². The number of halogens is 3. The number of nitrogens with zero attached hydrogens (tertiary/aromatic N) is 2. The molecule has 4 aromatic carbocycles. The van der Waals surface area contributed by atoms with Gasteiger partial charge in [-0.3, -0.25) is 0 Å². The van der Waals surface area contributed by atoms with Gasteiger partial charge in [0.25, 0.3) is 0 Å². The Labute approximate surface area is 278 Å². The second-order valence-corrected chi connectivity index (χ2v) is 13.8. The summed E-state index contributed by atoms with van der Waals surface area (Å²) in [5.74, 6) is 0. The minimum atomic E-state index is -4.05. The van der Waals surface area contributed by atoms with E-state index in [-0.39, 0.29) is 73.2 Å². The molecular weight excluding hydrogens is 665 g/mol. The summed E-state index contributed by atoms with van der Waals surface area (Å²) >= 11 is 0. The van der Waals surface area contributed by atoms with Crippen molar-refractivity contribution < 1.29 is 16.8 Å². The maximum atomic E-state index is 14.2. The van der Waals surface area contributed by atoms with E-state index in [2.05, 4.69) is 5.32 Å². The monoisotopic (exact) mass is 699 g/mol. The van der Waals surface area contributed by atoms with Crippen molar-refractivity contribution in [3.63, 3.8) is 0 Å². The molecule has 0 aromatic heterocycles. The number of sulfonamides is 2. The van der Waals surface area contributed by atoms with E-state index in [1.165, 1.54) is 32.9 Å². The van der Waals surface area contributed by atoms with E-state index in [4.69, 9.17) is 11.5 Å². The smallest absolute Gasteiger partial charge is 0.243 e. The van der Waals surface area contributed by atoms with Crippen molar-refractivity contribution in [2.24, 2.45) is 0 Å². The average molecular weight is 701 g/mol. The van der Waals surface area contributed by atoms with E-state index in [9.17, 15) is 16.8 Å². The van der Waals surface area contributed by atoms with Crippen LogP contribution >= 0.6 is 37.2 Å². The van der Waals surface area contributed by atoms with E-state index in [1.54, 1.807) is 24.3 Å². The van der Waals surface area contributed by atoms with Crippen molar-refractivity contribution in [3.05, 3.63) is 120 Å². The molecule has 0 bridgehead atoms. The molecule has 14 heteroatoms. The summed E-state index contributed by atoms with van der Waals surface area (Å²) in [4.78, 5) is 0.175. The lowest BCUT2D eigenvalue weighted by Crippen LogP contribution is -2.54. The van der Waals surface area contributed by atoms with E-state index in [0.29, 0.717) is 11.4 Å². The van der Waals surface area contributed by atoms with Gasteiger partial charge in [0, 0.05) is 37.6 Å². The van der Waals surface area contributed by atoms with Crippen LogP contribution in [0.1, 0.15) is 11.1 Å². The SMILES string of the molecule is Cl.Cl.Cl.Nc1ccc(S(=O)(=O)N(Cc2ccccc2)[C@H]2CNC[C@@H]2N(Cc2ccccc2)S(=O)(=O)c2ccc(N)cc2)cc1. The molecule has 2 atom stereocenters. The van der Waals surface area contributed by atoms with Crippen LogP contribution in [0, 0.1) is 0 Å². The van der Waals surface area contributed by atoms with E-state index < -0.39 is 32.1 Å². The van der Waals surface area contributed by atoms with Crippen molar-refractivity contribution in [3.8, 4) is 0 Å². The van der Waals surface area contributed by atoms with Crippen LogP contribution in [0.25, 0.3) is 0 Å². The van der Waals surface area contributed by atoms with Crippen LogP contribution in [-0.4, -0.2) is 50.6 Å². The fourth-order valence-corrected chi connectivity index (χ4v) is 8.36. The Morgan fingerprint density at radius 1 is 0.545 bits per heavy atom. The second kappa shape index (κ2) is 15.9. The Morgan fingerprint density at radius 2 is 0.864 bits per heavy atom. The second-order valence-electron chi connectivity index (χ2n) is 10.0. The summed E-state index contributed by atoms with van der Waals surface area (Å²) in [6.45, 7) is 0.678. The molecule has 238 valence electrons. The minimum Gasteiger partial charge on any atom is -0.399 e. The predicted octanol–water partition coefficient (Wildman–Crippen LogP) is 4.54. The standard InChI is InChI=1S/C30H33N5O4S2.3ClH/c31-25-11-15-27(16-12-25)40(36,37)34(21-23-7-3-1-4-8-23)29-19-33-20-30(29)35(22-24-9-5-2-6-10-24)41(38,39)28-17-13-26(32)14-18-28;;;/h1-18,29-30,33H,19-22,31-32H2;3*1H/t29-,30-;;;/m0.../s1. The lowest BCUT2D eigenvalue weighted by atomic mass is 10.1. The number of nitrogens with one attached hydrogen (secondary N) is 1. The highest BCUT2D eigenvalue weighted by Crippen LogP contribution is 2.31. The third-order valence-corrected chi connectivity index (χ3v) is 11.0. The number of nitrogens with two attached hydrogens (primary N) is 2. The van der Waals surface area contributed by atoms with Crippen molar-refractivity contribution in [2.45, 2.75) is 35.0 Å². The van der Waals surface area contributed by atoms with Crippen LogP contribution in [0.15, 0.2) is 119 Å². The maximum Gasteiger partial charge on any atom is 0.243 e. The molecule has 1 aliphatic heterocycles. The van der Waals surface area contributed by atoms with E-state index in [1.807, 2.05) is 60.7 Å². The highest BCUT2D eigenvalue weighted by atomic mass is 35.5. The molecule has 5 rings (SSSR count). The predicted molar refractivity (Wildman–Crippen MR) is 182 cm³/mol. The van der Waals surface area contributed by atoms with Gasteiger partial charge in [0.1, 0.15) is 0 Å². The zero-order valence-electron chi connectivity index (χ0n) is 23.6. The van der Waals surface area contributed by atoms with E-state index in [0.717, 1.165) is 11.1 Å². The molecule has 1 heterocycles. The van der Waals surface area contributed by atoms with Gasteiger partial charge in [-0.05, 0) is 59.7 Å². The van der Waals surface area contributed by atoms with Crippen LogP contribution in [-0.2, 0) is 33.1 Å². The normalized spacial score (nSPS) is 16.5. The molecule has 0 saturated carbocycles. The summed E-state index contributed by atoms with van der Waals surface area (Å²) in [6, 6.07) is 29.2. The molecule has 0 radical (unpaired) electrons. The average Bonchev–Trinajstić information content (AvgIpc) is 3.45. The third kappa shape index (κ3) is 8.23. The fourth-order valence-electron chi connectivity index (χ4n) is 5.08. The molecule has 1 aliphatic rings. The lowest BCUT2D eigenvalue weighted by Gasteiger charge is -2.37. The van der Waals surface area contributed by atoms with Crippen LogP contribution in [0.3, 0.4) is 0 Å². The zero-order valence-corrected chi connectivity index (χ0v) is 27.7. The highest BCUT2D eigenvalue weighted by Gasteiger charge is 2.45. The molecule has 9 nitrogen and oxygen atoms in total. The first-order chi connectivity index (χ1) is 19.7. The number of nitrogen functional groups attached to an aromatic ring is 2. The van der Waals surface area contributed by atoms with Gasteiger partial charge in [0.2, 0.25) is 20.0 Å². The molecule has 0 unspecified atom stereocenters. The first kappa shape index (κ1) is 37.3. The Morgan fingerprint density at radius 3 is 1.18 bits per heavy atom. The molecule has 0 aliphatic carbocycles. The molecule has 1 fully saturated rings. The van der Waals surface area contributed by atoms with Gasteiger partial charge in [-0.1, -0.05) is 60.7 Å². The summed E-state index contributed by atoms with van der Waals surface area (Å²) in [5.41, 5.74) is 14.1. The van der Waals surface area contributed by atoms with Gasteiger partial charge < -0.3 is 16.8 Å². The molecule has 0 spiro atoms. The molecule has 44 heavy (non-hydrogen) atoms. The van der Waals surface area contributed by atoms with Crippen LogP contribution in [0.5, 0.6) is 0 Å². The summed E-state index contributed by atoms with van der Waals surface area (Å²) in [5, 5.41) is 3.27. The first-order valence-corrected chi connectivity index (χ1v) is 16.1. The van der Waals surface area contributed by atoms with Gasteiger partial charge >= 0.3 is 0 Å². The summed E-state index contributed by atoms with van der Waals surface area (Å²) in [7, 11) is -8.11. The van der Waals surface area contributed by atoms with Crippen LogP contribution in [0.2, 0.25) is 0 Å². The number of anilines is 2. The Balaban J connectivity index is 0.00000225. The van der Waals surface area contributed by atoms with Crippen molar-refractivity contribution >= 4 is 68.6 Å². The van der Waals surface area contributed by atoms with Gasteiger partial charge in [0.15, 0.2) is 0 Å². The van der Waals surface area contributed by atoms with Crippen LogP contribution in [0.4, 0.5) is 11.4 Å². The maximum absolute atomic E-state index is 14.2. The summed E-state index contributed by atoms with van der Waals surface area (Å²) in [6.07, 6.45) is 0. The molecule has 5 N–H and O–H groups in total. The zero-order chi connectivity index (χ0) is 29.0. The van der Waals surface area contributed by atoms with Gasteiger partial charge in [0.05, 0.1) is 21.9 Å². The third-order valence-electron chi connectivity index (χ3n) is 7.23. The molecule has 4 aromatic rings. The lowest BCUT2D eigenvalue weighted by molar-refractivity contribution is 0.219. The molecular formula is C30H36Cl3N5O4S2. The highest BCUT2D eigenvalue weighted by molar-refractivity contribution is 7.89. The Hall–Kier alpha value is -2.87. The topological polar surface area (TPSA) is 139 Å². The molecule has 0 amide bonds. The van der Waals surface area contributed by atoms with Crippen LogP contribution < -0.4 is 16.8 Å². The quantitative estimate of drug-likeness (QED) is 0.207. The van der Waals surface area contributed by atoms with Crippen molar-refractivity contribution in [2.75, 3.05) is 24.6 Å². The van der Waals surface area contributed by atoms with Crippen molar-refractivity contribution in [1.29, 1.82) is 0 Å². The first-order valence-electron chi connectivity index (χ1n) is 13.2. The number of rotatable bonds is 10. The number of hydrogen-bond donors (Lipinski definition) is 3. The fraction of sp³-hybridized carbons (Fsp3) is 0.200. The summed E-state index contributed by atoms with van der Waals surface area (Å²) < 4.78 is 59.6. The van der Waals surface area contributed by atoms with Gasteiger partial charge in [-0.2, -0.15) is 8.61 Å². The number of benzene rings is 4. The number of hydrogen-bond acceptors (Lipinski definition) is 7. The minimum absolute atomic E-state index is 0. The Kier molecular flexibility index (Phi) is 13.5. The van der Waals surface area contributed by atoms with Crippen molar-refractivity contribution in [1.82, 2.24) is 13.9 Å². The largest absolute Gasteiger partial charge is 0.399 e. The van der Waals surface area contributed by atoms with Gasteiger partial charge in [-0.25, -0.2) is 16.8 Å². The van der Waals surface area contributed by atoms with Gasteiger partial charge in [-0.15, -0.1) is 37.2 Å². The molecule has 1 saturated heterocycles. The Bertz CT molecular complexity index is 1560.